The maximum absolute atomic E-state index is 13.2. The lowest BCUT2D eigenvalue weighted by Gasteiger charge is -2.27. The zero-order chi connectivity index (χ0) is 32.0. The highest BCUT2D eigenvalue weighted by Crippen LogP contribution is 2.38. The van der Waals surface area contributed by atoms with Crippen LogP contribution in [-0.4, -0.2) is 75.4 Å². The van der Waals surface area contributed by atoms with Crippen molar-refractivity contribution in [2.24, 2.45) is 0 Å². The molecule has 2 N–H and O–H groups in total. The van der Waals surface area contributed by atoms with Gasteiger partial charge in [0.2, 0.25) is 5.91 Å². The van der Waals surface area contributed by atoms with Gasteiger partial charge in [-0.2, -0.15) is 18.4 Å². The van der Waals surface area contributed by atoms with Crippen molar-refractivity contribution >= 4 is 35.2 Å². The molecule has 1 aromatic carbocycles. The van der Waals surface area contributed by atoms with E-state index in [4.69, 9.17) is 15.2 Å². The first-order valence-electron chi connectivity index (χ1n) is 11.4. The normalized spacial score (nSPS) is 14.5. The molecule has 4 amide bonds. The van der Waals surface area contributed by atoms with E-state index in [0.29, 0.717) is 0 Å². The summed E-state index contributed by atoms with van der Waals surface area (Å²) in [6.07, 6.45) is -5.37. The minimum Gasteiger partial charge on any atom is -0.475 e. The van der Waals surface area contributed by atoms with Crippen LogP contribution in [0.25, 0.3) is 0 Å². The highest BCUT2D eigenvalue weighted by atomic mass is 19.4. The van der Waals surface area contributed by atoms with E-state index in [1.807, 2.05) is 0 Å². The number of urea groups is 1. The number of ether oxygens (including phenoxy) is 1. The van der Waals surface area contributed by atoms with E-state index < -0.39 is 59.9 Å². The number of halogens is 6. The Balaban J connectivity index is 0.000000782. The lowest BCUT2D eigenvalue weighted by Crippen LogP contribution is -2.43. The van der Waals surface area contributed by atoms with Crippen molar-refractivity contribution in [2.45, 2.75) is 38.5 Å². The first kappa shape index (κ1) is 33.1. The monoisotopic (exact) mass is 604 g/mol. The first-order valence-corrected chi connectivity index (χ1v) is 11.4. The molecule has 18 heteroatoms. The molecular weight excluding hydrogens is 582 g/mol. The number of nitrogens with zero attached hydrogens (tertiary/aromatic N) is 5. The van der Waals surface area contributed by atoms with E-state index in [1.165, 1.54) is 11.9 Å². The Morgan fingerprint density at radius 2 is 1.69 bits per heavy atom. The summed E-state index contributed by atoms with van der Waals surface area (Å²) in [6, 6.07) is 5.72. The Morgan fingerprint density at radius 3 is 2.19 bits per heavy atom. The summed E-state index contributed by atoms with van der Waals surface area (Å²) in [7, 11) is 1.31. The molecule has 226 valence electrons. The number of nitrogens with one attached hydrogen (secondary N) is 1. The topological polar surface area (TPSA) is 156 Å². The van der Waals surface area contributed by atoms with Crippen LogP contribution in [0.5, 0.6) is 5.75 Å². The quantitative estimate of drug-likeness (QED) is 0.208. The fourth-order valence-corrected chi connectivity index (χ4v) is 3.41. The zero-order valence-corrected chi connectivity index (χ0v) is 21.9. The van der Waals surface area contributed by atoms with Crippen LogP contribution in [-0.2, 0) is 20.9 Å². The number of amides is 4. The SMILES string of the molecule is CN(C#N)CC(=O)Nc1cc(N2C(=O)N(Cc3ccncc3)C(C)(C)C2=O)ccc1OC(F)(F)F.O=C(O)C(F)(F)F. The summed E-state index contributed by atoms with van der Waals surface area (Å²) in [6.45, 7) is 2.75. The van der Waals surface area contributed by atoms with E-state index >= 15 is 0 Å². The molecule has 1 aromatic heterocycles. The van der Waals surface area contributed by atoms with Gasteiger partial charge in [0.05, 0.1) is 11.4 Å². The minimum absolute atomic E-state index is 0.0660. The standard InChI is InChI=1S/C22H21F3N6O4.C2HF3O2/c1-21(2)19(33)31(20(34)30(21)11-14-6-8-27-9-7-14)15-4-5-17(35-22(23,24)25)16(10-15)28-18(32)12-29(3)13-26;3-2(4,5)1(6)7/h4-10H,11-12H2,1-3H3,(H,28,32);(H,6,7). The average molecular weight is 604 g/mol. The van der Waals surface area contributed by atoms with Crippen molar-refractivity contribution in [3.63, 3.8) is 0 Å². The highest BCUT2D eigenvalue weighted by molar-refractivity contribution is 6.23. The molecule has 0 bridgehead atoms. The number of aliphatic carboxylic acids is 1. The number of aromatic nitrogens is 1. The Kier molecular flexibility index (Phi) is 9.95. The molecule has 0 spiro atoms. The number of carboxylic acid groups (broad SMARTS) is 1. The first-order chi connectivity index (χ1) is 19.3. The third kappa shape index (κ3) is 8.46. The van der Waals surface area contributed by atoms with E-state index in [2.05, 4.69) is 15.0 Å². The molecule has 0 radical (unpaired) electrons. The largest absolute Gasteiger partial charge is 0.573 e. The van der Waals surface area contributed by atoms with Crippen molar-refractivity contribution in [3.8, 4) is 11.9 Å². The number of alkyl halides is 6. The fraction of sp³-hybridized carbons (Fsp3) is 0.333. The van der Waals surface area contributed by atoms with E-state index in [0.717, 1.165) is 33.6 Å². The molecule has 1 aliphatic rings. The van der Waals surface area contributed by atoms with Gasteiger partial charge < -0.3 is 25.0 Å². The number of imide groups is 1. The van der Waals surface area contributed by atoms with Crippen LogP contribution in [0.2, 0.25) is 0 Å². The summed E-state index contributed by atoms with van der Waals surface area (Å²) < 4.78 is 74.4. The fourth-order valence-electron chi connectivity index (χ4n) is 3.41. The van der Waals surface area contributed by atoms with Gasteiger partial charge in [0.15, 0.2) is 11.9 Å². The van der Waals surface area contributed by atoms with E-state index in [-0.39, 0.29) is 12.2 Å². The number of likely N-dealkylation sites (N-methyl/N-ethyl adjacent to an activating group) is 1. The second kappa shape index (κ2) is 12.6. The van der Waals surface area contributed by atoms with Gasteiger partial charge in [-0.3, -0.25) is 14.6 Å². The number of nitriles is 1. The number of carbonyl (C=O) groups is 4. The third-order valence-electron chi connectivity index (χ3n) is 5.43. The summed E-state index contributed by atoms with van der Waals surface area (Å²) in [5, 5.41) is 18.2. The third-order valence-corrected chi connectivity index (χ3v) is 5.43. The van der Waals surface area contributed by atoms with Crippen molar-refractivity contribution in [1.82, 2.24) is 14.8 Å². The van der Waals surface area contributed by atoms with Gasteiger partial charge in [-0.1, -0.05) is 0 Å². The maximum Gasteiger partial charge on any atom is 0.573 e. The van der Waals surface area contributed by atoms with Gasteiger partial charge in [-0.05, 0) is 49.7 Å². The van der Waals surface area contributed by atoms with Crippen LogP contribution in [0.3, 0.4) is 0 Å². The summed E-state index contributed by atoms with van der Waals surface area (Å²) >= 11 is 0. The number of carboxylic acids is 1. The van der Waals surface area contributed by atoms with Gasteiger partial charge in [-0.25, -0.2) is 14.5 Å². The highest BCUT2D eigenvalue weighted by Gasteiger charge is 2.52. The van der Waals surface area contributed by atoms with Gasteiger partial charge in [0.25, 0.3) is 5.91 Å². The lowest BCUT2D eigenvalue weighted by molar-refractivity contribution is -0.274. The number of carbonyl (C=O) groups excluding carboxylic acids is 3. The smallest absolute Gasteiger partial charge is 0.475 e. The van der Waals surface area contributed by atoms with Gasteiger partial charge >= 0.3 is 24.5 Å². The molecule has 0 atom stereocenters. The van der Waals surface area contributed by atoms with Crippen molar-refractivity contribution in [2.75, 3.05) is 23.8 Å². The zero-order valence-electron chi connectivity index (χ0n) is 21.9. The number of hydrogen-bond donors (Lipinski definition) is 2. The van der Waals surface area contributed by atoms with Crippen LogP contribution in [0.4, 0.5) is 42.5 Å². The Labute approximate surface area is 233 Å². The molecule has 2 heterocycles. The van der Waals surface area contributed by atoms with Gasteiger partial charge in [-0.15, -0.1) is 13.2 Å². The summed E-state index contributed by atoms with van der Waals surface area (Å²) in [5.41, 5.74) is -1.04. The van der Waals surface area contributed by atoms with Crippen molar-refractivity contribution in [1.29, 1.82) is 5.26 Å². The number of pyridine rings is 1. The second-order valence-electron chi connectivity index (χ2n) is 8.96. The molecule has 0 unspecified atom stereocenters. The predicted octanol–water partition coefficient (Wildman–Crippen LogP) is 3.71. The molecule has 1 aliphatic heterocycles. The van der Waals surface area contributed by atoms with Crippen LogP contribution in [0.1, 0.15) is 19.4 Å². The predicted molar refractivity (Wildman–Crippen MR) is 130 cm³/mol. The molecule has 3 rings (SSSR count). The molecule has 1 saturated heterocycles. The van der Waals surface area contributed by atoms with Crippen LogP contribution >= 0.6 is 0 Å². The Hall–Kier alpha value is -5.08. The maximum atomic E-state index is 13.2. The second-order valence-corrected chi connectivity index (χ2v) is 8.96. The summed E-state index contributed by atoms with van der Waals surface area (Å²) in [4.78, 5) is 54.6. The Bertz CT molecular complexity index is 1380. The average Bonchev–Trinajstić information content (AvgIpc) is 3.03. The van der Waals surface area contributed by atoms with Gasteiger partial charge in [0.1, 0.15) is 12.1 Å². The minimum atomic E-state index is -5.08. The molecule has 12 nitrogen and oxygen atoms in total. The van der Waals surface area contributed by atoms with E-state index in [9.17, 15) is 40.7 Å². The van der Waals surface area contributed by atoms with Crippen LogP contribution in [0.15, 0.2) is 42.7 Å². The number of anilines is 2. The van der Waals surface area contributed by atoms with Crippen molar-refractivity contribution < 1.29 is 55.4 Å². The number of benzene rings is 1. The number of rotatable bonds is 7. The number of hydrogen-bond acceptors (Lipinski definition) is 8. The van der Waals surface area contributed by atoms with Crippen molar-refractivity contribution in [3.05, 3.63) is 48.3 Å². The van der Waals surface area contributed by atoms with E-state index in [1.54, 1.807) is 44.6 Å². The molecular formula is C24H22F6N6O6. The lowest BCUT2D eigenvalue weighted by atomic mass is 10.0. The van der Waals surface area contributed by atoms with Gasteiger partial charge in [0, 0.05) is 26.0 Å². The molecule has 1 fully saturated rings. The van der Waals surface area contributed by atoms with Crippen LogP contribution < -0.4 is 15.0 Å². The molecule has 2 aromatic rings. The molecule has 42 heavy (non-hydrogen) atoms. The molecule has 0 aliphatic carbocycles. The summed E-state index contributed by atoms with van der Waals surface area (Å²) in [5.74, 6) is -4.92. The van der Waals surface area contributed by atoms with Crippen LogP contribution in [0, 0.1) is 11.5 Å². The molecule has 0 saturated carbocycles. The Morgan fingerprint density at radius 1 is 1.12 bits per heavy atom.